The zero-order valence-electron chi connectivity index (χ0n) is 17.9. The van der Waals surface area contributed by atoms with Crippen LogP contribution >= 0.6 is 11.6 Å². The first kappa shape index (κ1) is 26.9. The first-order valence-electron chi connectivity index (χ1n) is 9.73. The molecule has 1 atom stereocenters. The Morgan fingerprint density at radius 3 is 2.76 bits per heavy atom. The number of hydrogen-bond donors (Lipinski definition) is 0. The van der Waals surface area contributed by atoms with Gasteiger partial charge in [-0.05, 0) is 30.2 Å². The van der Waals surface area contributed by atoms with Crippen molar-refractivity contribution in [2.45, 2.75) is 19.5 Å². The van der Waals surface area contributed by atoms with Crippen molar-refractivity contribution >= 4 is 40.1 Å². The van der Waals surface area contributed by atoms with Crippen LogP contribution in [0.15, 0.2) is 35.9 Å². The lowest BCUT2D eigenvalue weighted by Crippen LogP contribution is -2.40. The average molecular weight is 510 g/mol. The van der Waals surface area contributed by atoms with Gasteiger partial charge in [-0.3, -0.25) is 9.78 Å². The highest BCUT2D eigenvalue weighted by Gasteiger charge is 2.32. The van der Waals surface area contributed by atoms with Crippen molar-refractivity contribution in [3.63, 3.8) is 0 Å². The molecule has 0 bridgehead atoms. The van der Waals surface area contributed by atoms with E-state index in [0.29, 0.717) is 5.69 Å². The van der Waals surface area contributed by atoms with Gasteiger partial charge in [0.1, 0.15) is 18.0 Å². The Kier molecular flexibility index (Phi) is 10.4. The number of halogens is 4. The predicted octanol–water partition coefficient (Wildman–Crippen LogP) is 2.99. The number of alkyl halides is 3. The Balaban J connectivity index is 2.25. The van der Waals surface area contributed by atoms with Crippen LogP contribution in [0, 0.1) is 0 Å². The van der Waals surface area contributed by atoms with E-state index in [-0.39, 0.29) is 36.3 Å². The maximum atomic E-state index is 13.2. The maximum Gasteiger partial charge on any atom is 0.393 e. The molecule has 2 rings (SSSR count). The van der Waals surface area contributed by atoms with E-state index in [1.54, 1.807) is 31.5 Å². The fraction of sp³-hybridized carbons (Fsp3) is 0.474. The molecule has 0 saturated heterocycles. The lowest BCUT2D eigenvalue weighted by molar-refractivity contribution is -0.129. The number of ether oxygens (including phenoxy) is 1. The van der Waals surface area contributed by atoms with Gasteiger partial charge >= 0.3 is 6.18 Å². The van der Waals surface area contributed by atoms with Gasteiger partial charge in [-0.2, -0.15) is 18.3 Å². The van der Waals surface area contributed by atoms with E-state index in [9.17, 15) is 22.5 Å². The number of oxime groups is 1. The summed E-state index contributed by atoms with van der Waals surface area (Å²) in [5.41, 5.74) is 0.525. The molecule has 0 aliphatic carbocycles. The van der Waals surface area contributed by atoms with Crippen molar-refractivity contribution in [1.29, 1.82) is 0 Å². The van der Waals surface area contributed by atoms with Crippen LogP contribution in [0.2, 0.25) is 5.15 Å². The topological polar surface area (TPSA) is 105 Å². The first-order chi connectivity index (χ1) is 15.7. The highest BCUT2D eigenvalue weighted by Crippen LogP contribution is 2.26. The van der Waals surface area contributed by atoms with Crippen LogP contribution in [0.5, 0.6) is 0 Å². The largest absolute Gasteiger partial charge is 0.616 e. The standard InChI is InChI=1S/C19H23ClF3N5O4S/c1-3-27(16-12-28(25-17(16)20)14-5-4-7-24-11-14)18(29)15(26-32-9-8-31-2)13-33(30)10-6-19(21,22)23/h4-5,7,11-12H,3,6,8-10,13H2,1-2H3. The second-order valence-corrected chi connectivity index (χ2v) is 8.46. The molecule has 0 aromatic carbocycles. The molecule has 0 radical (unpaired) electrons. The van der Waals surface area contributed by atoms with Gasteiger partial charge in [0.15, 0.2) is 16.6 Å². The molecule has 1 unspecified atom stereocenters. The second-order valence-electron chi connectivity index (χ2n) is 6.53. The molecule has 0 N–H and O–H groups in total. The number of pyridine rings is 1. The number of nitrogens with zero attached hydrogens (tertiary/aromatic N) is 5. The normalized spacial score (nSPS) is 13.1. The fourth-order valence-electron chi connectivity index (χ4n) is 2.55. The highest BCUT2D eigenvalue weighted by atomic mass is 35.5. The van der Waals surface area contributed by atoms with Gasteiger partial charge in [-0.15, -0.1) is 0 Å². The van der Waals surface area contributed by atoms with E-state index < -0.39 is 41.2 Å². The summed E-state index contributed by atoms with van der Waals surface area (Å²) in [5.74, 6) is -1.91. The van der Waals surface area contributed by atoms with E-state index in [2.05, 4.69) is 15.2 Å². The lowest BCUT2D eigenvalue weighted by Gasteiger charge is -2.21. The van der Waals surface area contributed by atoms with Gasteiger partial charge < -0.3 is 19.0 Å². The second kappa shape index (κ2) is 12.8. The van der Waals surface area contributed by atoms with Gasteiger partial charge in [0.05, 0.1) is 31.1 Å². The third-order valence-electron chi connectivity index (χ3n) is 4.13. The molecule has 0 spiro atoms. The summed E-state index contributed by atoms with van der Waals surface area (Å²) in [7, 11) is 1.44. The van der Waals surface area contributed by atoms with Crippen molar-refractivity contribution in [2.24, 2.45) is 5.16 Å². The molecular weight excluding hydrogens is 487 g/mol. The van der Waals surface area contributed by atoms with Crippen molar-refractivity contribution in [3.8, 4) is 5.69 Å². The molecule has 2 aromatic heterocycles. The number of carbonyl (C=O) groups excluding carboxylic acids is 1. The molecular formula is C19H23ClF3N5O4S. The Morgan fingerprint density at radius 1 is 1.39 bits per heavy atom. The van der Waals surface area contributed by atoms with Crippen LogP contribution in [-0.4, -0.2) is 75.5 Å². The molecule has 2 heterocycles. The smallest absolute Gasteiger partial charge is 0.393 e. The highest BCUT2D eigenvalue weighted by molar-refractivity contribution is 7.92. The summed E-state index contributed by atoms with van der Waals surface area (Å²) in [4.78, 5) is 23.5. The average Bonchev–Trinajstić information content (AvgIpc) is 3.16. The zero-order chi connectivity index (χ0) is 24.4. The first-order valence-corrected chi connectivity index (χ1v) is 11.6. The third kappa shape index (κ3) is 8.50. The van der Waals surface area contributed by atoms with Crippen molar-refractivity contribution in [2.75, 3.05) is 43.3 Å². The minimum atomic E-state index is -4.46. The minimum Gasteiger partial charge on any atom is -0.616 e. The summed E-state index contributed by atoms with van der Waals surface area (Å²) in [6.07, 6.45) is -1.07. The van der Waals surface area contributed by atoms with Crippen molar-refractivity contribution in [1.82, 2.24) is 14.8 Å². The number of carbonyl (C=O) groups is 1. The Labute approximate surface area is 196 Å². The molecule has 0 aliphatic rings. The van der Waals surface area contributed by atoms with Gasteiger partial charge in [0, 0.05) is 19.9 Å². The van der Waals surface area contributed by atoms with Gasteiger partial charge in [0.25, 0.3) is 5.91 Å². The molecule has 33 heavy (non-hydrogen) atoms. The SMILES string of the molecule is CCN(C(=O)C(C[S+]([O-])CCC(F)(F)F)=NOCCOC)c1cn(-c2cccnc2)nc1Cl. The number of hydrogen-bond acceptors (Lipinski definition) is 7. The monoisotopic (exact) mass is 509 g/mol. The number of aromatic nitrogens is 3. The number of rotatable bonds is 12. The van der Waals surface area contributed by atoms with E-state index in [1.165, 1.54) is 22.9 Å². The molecule has 2 aromatic rings. The zero-order valence-corrected chi connectivity index (χ0v) is 19.5. The molecule has 0 fully saturated rings. The number of amides is 1. The van der Waals surface area contributed by atoms with Crippen LogP contribution in [0.1, 0.15) is 13.3 Å². The molecule has 0 saturated carbocycles. The van der Waals surface area contributed by atoms with Crippen LogP contribution < -0.4 is 4.90 Å². The van der Waals surface area contributed by atoms with Crippen molar-refractivity contribution < 1.29 is 32.1 Å². The molecule has 14 heteroatoms. The van der Waals surface area contributed by atoms with E-state index in [0.717, 1.165) is 0 Å². The molecule has 182 valence electrons. The van der Waals surface area contributed by atoms with E-state index in [1.807, 2.05) is 0 Å². The van der Waals surface area contributed by atoms with Crippen LogP contribution in [0.3, 0.4) is 0 Å². The van der Waals surface area contributed by atoms with Gasteiger partial charge in [0.2, 0.25) is 0 Å². The van der Waals surface area contributed by atoms with E-state index >= 15 is 0 Å². The molecule has 0 aliphatic heterocycles. The predicted molar refractivity (Wildman–Crippen MR) is 118 cm³/mol. The van der Waals surface area contributed by atoms with Crippen LogP contribution in [-0.2, 0) is 25.5 Å². The third-order valence-corrected chi connectivity index (χ3v) is 5.65. The Bertz CT molecular complexity index is 930. The van der Waals surface area contributed by atoms with Gasteiger partial charge in [-0.25, -0.2) is 4.68 Å². The summed E-state index contributed by atoms with van der Waals surface area (Å²) < 4.78 is 55.9. The summed E-state index contributed by atoms with van der Waals surface area (Å²) in [6.45, 7) is 1.96. The number of anilines is 1. The summed E-state index contributed by atoms with van der Waals surface area (Å²) in [6, 6.07) is 3.43. The quantitative estimate of drug-likeness (QED) is 0.188. The molecule has 9 nitrogen and oxygen atoms in total. The number of methoxy groups -OCH3 is 1. The molecule has 1 amide bonds. The maximum absolute atomic E-state index is 13.2. The van der Waals surface area contributed by atoms with E-state index in [4.69, 9.17) is 21.2 Å². The summed E-state index contributed by atoms with van der Waals surface area (Å²) in [5, 5.41) is 7.90. The minimum absolute atomic E-state index is 0.00567. The summed E-state index contributed by atoms with van der Waals surface area (Å²) >= 11 is 4.25. The lowest BCUT2D eigenvalue weighted by atomic mass is 10.3. The van der Waals surface area contributed by atoms with Crippen LogP contribution in [0.4, 0.5) is 18.9 Å². The van der Waals surface area contributed by atoms with Crippen molar-refractivity contribution in [3.05, 3.63) is 35.9 Å². The van der Waals surface area contributed by atoms with Crippen LogP contribution in [0.25, 0.3) is 5.69 Å². The Morgan fingerprint density at radius 2 is 2.15 bits per heavy atom. The fourth-order valence-corrected chi connectivity index (χ4v) is 3.87. The van der Waals surface area contributed by atoms with Gasteiger partial charge in [-0.1, -0.05) is 16.8 Å². The Hall–Kier alpha value is -2.35.